The number of nitrogens with one attached hydrogen (secondary N) is 3. The topological polar surface area (TPSA) is 158 Å². The van der Waals surface area contributed by atoms with Crippen molar-refractivity contribution in [2.24, 2.45) is 4.99 Å². The molecule has 176 valence electrons. The normalized spacial score (nSPS) is 15.3. The van der Waals surface area contributed by atoms with Crippen molar-refractivity contribution in [3.8, 4) is 17.1 Å². The number of nitrogens with zero attached hydrogens (tertiary/aromatic N) is 4. The third kappa shape index (κ3) is 4.57. The number of anilines is 1. The molecule has 1 fully saturated rings. The quantitative estimate of drug-likeness (QED) is 0.307. The maximum absolute atomic E-state index is 12.2. The molecule has 1 aliphatic carbocycles. The van der Waals surface area contributed by atoms with E-state index in [2.05, 4.69) is 19.8 Å². The van der Waals surface area contributed by atoms with Gasteiger partial charge in [0.15, 0.2) is 11.1 Å². The minimum atomic E-state index is -3.43. The van der Waals surface area contributed by atoms with Crippen molar-refractivity contribution in [1.82, 2.24) is 24.6 Å². The molecule has 0 amide bonds. The van der Waals surface area contributed by atoms with Crippen LogP contribution in [0, 0.1) is 0 Å². The lowest BCUT2D eigenvalue weighted by atomic mass is 10.1. The van der Waals surface area contributed by atoms with Gasteiger partial charge in [0, 0.05) is 22.5 Å². The Kier molecular flexibility index (Phi) is 5.44. The van der Waals surface area contributed by atoms with Crippen LogP contribution in [0.2, 0.25) is 0 Å². The van der Waals surface area contributed by atoms with Gasteiger partial charge in [0.2, 0.25) is 15.9 Å². The lowest BCUT2D eigenvalue weighted by molar-refractivity contribution is 0.454. The zero-order valence-electron chi connectivity index (χ0n) is 18.3. The zero-order chi connectivity index (χ0) is 23.9. The van der Waals surface area contributed by atoms with Crippen molar-refractivity contribution in [3.63, 3.8) is 0 Å². The second-order valence-electron chi connectivity index (χ2n) is 8.18. The first-order chi connectivity index (χ1) is 16.3. The van der Waals surface area contributed by atoms with Gasteiger partial charge in [0.25, 0.3) is 0 Å². The van der Waals surface area contributed by atoms with Crippen molar-refractivity contribution in [2.45, 2.75) is 32.2 Å². The van der Waals surface area contributed by atoms with Crippen LogP contribution in [0.3, 0.4) is 0 Å². The van der Waals surface area contributed by atoms with Crippen molar-refractivity contribution in [3.05, 3.63) is 63.4 Å². The van der Waals surface area contributed by atoms with Crippen molar-refractivity contribution in [2.75, 3.05) is 10.5 Å². The summed E-state index contributed by atoms with van der Waals surface area (Å²) in [6.45, 7) is 1.81. The Morgan fingerprint density at radius 1 is 1.29 bits per heavy atom. The average molecular weight is 482 g/mol. The van der Waals surface area contributed by atoms with Crippen molar-refractivity contribution in [1.29, 1.82) is 0 Å². The van der Waals surface area contributed by atoms with E-state index in [1.807, 2.05) is 19.1 Å². The first-order valence-electron chi connectivity index (χ1n) is 10.9. The molecule has 3 heterocycles. The number of hydrogen-bond donors (Lipinski definition) is 4. The van der Waals surface area contributed by atoms with E-state index in [0.717, 1.165) is 12.8 Å². The molecule has 3 aromatic heterocycles. The van der Waals surface area contributed by atoms with Gasteiger partial charge in [-0.05, 0) is 37.5 Å². The molecule has 12 heteroatoms. The van der Waals surface area contributed by atoms with Gasteiger partial charge in [-0.3, -0.25) is 14.7 Å². The zero-order valence-corrected chi connectivity index (χ0v) is 19.1. The molecule has 4 aromatic rings. The number of imidazole rings is 1. The van der Waals surface area contributed by atoms with Gasteiger partial charge in [-0.25, -0.2) is 18.2 Å². The maximum Gasteiger partial charge on any atom is 0.326 e. The fourth-order valence-corrected chi connectivity index (χ4v) is 4.71. The average Bonchev–Trinajstić information content (AvgIpc) is 3.41. The summed E-state index contributed by atoms with van der Waals surface area (Å²) in [5.74, 6) is -0.245. The molecular weight excluding hydrogens is 458 g/mol. The number of fused-ring (bicyclic) bond motifs is 1. The maximum atomic E-state index is 12.2. The molecular formula is C22H23N7O4S. The highest BCUT2D eigenvalue weighted by Gasteiger charge is 2.20. The van der Waals surface area contributed by atoms with E-state index < -0.39 is 15.7 Å². The first kappa shape index (κ1) is 21.9. The summed E-state index contributed by atoms with van der Waals surface area (Å²) >= 11 is 0. The highest BCUT2D eigenvalue weighted by molar-refractivity contribution is 7.92. The smallest absolute Gasteiger partial charge is 0.326 e. The second-order valence-corrected chi connectivity index (χ2v) is 10.0. The van der Waals surface area contributed by atoms with Crippen LogP contribution in [-0.4, -0.2) is 49.9 Å². The van der Waals surface area contributed by atoms with Crippen molar-refractivity contribution >= 4 is 27.4 Å². The van der Waals surface area contributed by atoms with Gasteiger partial charge < -0.3 is 10.1 Å². The molecule has 0 atom stereocenters. The Morgan fingerprint density at radius 3 is 2.82 bits per heavy atom. The second kappa shape index (κ2) is 8.45. The number of aromatic hydroxyl groups is 1. The number of aromatic amines is 2. The van der Waals surface area contributed by atoms with E-state index in [1.54, 1.807) is 35.0 Å². The van der Waals surface area contributed by atoms with Crippen LogP contribution in [0.25, 0.3) is 23.0 Å². The molecule has 11 nitrogen and oxygen atoms in total. The summed E-state index contributed by atoms with van der Waals surface area (Å²) in [5.41, 5.74) is 2.52. The van der Waals surface area contributed by atoms with Crippen LogP contribution in [0.5, 0.6) is 5.88 Å². The minimum absolute atomic E-state index is 0.0367. The van der Waals surface area contributed by atoms with Gasteiger partial charge in [-0.2, -0.15) is 9.61 Å². The van der Waals surface area contributed by atoms with Crippen LogP contribution in [0.4, 0.5) is 5.69 Å². The lowest BCUT2D eigenvalue weighted by Gasteiger charge is -2.09. The molecule has 1 aliphatic rings. The summed E-state index contributed by atoms with van der Waals surface area (Å²) in [7, 11) is -3.43. The number of benzene rings is 1. The Balaban J connectivity index is 1.66. The van der Waals surface area contributed by atoms with Crippen LogP contribution in [0.15, 0.2) is 46.3 Å². The number of H-pyrrole nitrogens is 2. The molecule has 1 aromatic carbocycles. The van der Waals surface area contributed by atoms with Gasteiger partial charge in [-0.1, -0.05) is 19.1 Å². The first-order valence-corrected chi connectivity index (χ1v) is 12.5. The van der Waals surface area contributed by atoms with Gasteiger partial charge in [-0.15, -0.1) is 0 Å². The minimum Gasteiger partial charge on any atom is -0.493 e. The van der Waals surface area contributed by atoms with Crippen LogP contribution >= 0.6 is 0 Å². The Labute approximate surface area is 194 Å². The molecule has 0 spiro atoms. The number of hydrogen-bond acceptors (Lipinski definition) is 7. The molecule has 0 aliphatic heterocycles. The lowest BCUT2D eigenvalue weighted by Crippen LogP contribution is -2.19. The summed E-state index contributed by atoms with van der Waals surface area (Å²) in [6, 6.07) is 9.06. The highest BCUT2D eigenvalue weighted by atomic mass is 32.2. The highest BCUT2D eigenvalue weighted by Crippen LogP contribution is 2.24. The fraction of sp³-hybridized carbons (Fsp3) is 0.273. The van der Waals surface area contributed by atoms with Gasteiger partial charge in [0.1, 0.15) is 5.69 Å². The summed E-state index contributed by atoms with van der Waals surface area (Å²) in [4.78, 5) is 25.8. The van der Waals surface area contributed by atoms with Crippen LogP contribution in [-0.2, 0) is 10.0 Å². The summed E-state index contributed by atoms with van der Waals surface area (Å²) in [5, 5.41) is 14.9. The number of sulfonamides is 1. The van der Waals surface area contributed by atoms with E-state index in [9.17, 15) is 18.3 Å². The Morgan fingerprint density at radius 2 is 2.12 bits per heavy atom. The van der Waals surface area contributed by atoms with Gasteiger partial charge in [0.05, 0.1) is 23.7 Å². The molecule has 4 N–H and O–H groups in total. The molecule has 0 radical (unpaired) electrons. The molecule has 0 unspecified atom stereocenters. The van der Waals surface area contributed by atoms with E-state index >= 15 is 0 Å². The van der Waals surface area contributed by atoms with Gasteiger partial charge >= 0.3 is 5.69 Å². The van der Waals surface area contributed by atoms with Crippen LogP contribution in [0.1, 0.15) is 31.9 Å². The summed E-state index contributed by atoms with van der Waals surface area (Å²) < 4.78 is 28.6. The molecule has 34 heavy (non-hydrogen) atoms. The van der Waals surface area contributed by atoms with E-state index in [0.29, 0.717) is 39.7 Å². The third-order valence-corrected chi connectivity index (χ3v) is 6.77. The monoisotopic (exact) mass is 481 g/mol. The number of rotatable bonds is 7. The van der Waals surface area contributed by atoms with E-state index in [-0.39, 0.29) is 23.4 Å². The fourth-order valence-electron chi connectivity index (χ4n) is 3.59. The molecule has 5 rings (SSSR count). The summed E-state index contributed by atoms with van der Waals surface area (Å²) in [6.07, 6.45) is 5.68. The predicted molar refractivity (Wildman–Crippen MR) is 127 cm³/mol. The molecule has 0 saturated heterocycles. The van der Waals surface area contributed by atoms with E-state index in [1.165, 1.54) is 0 Å². The SMILES string of the molecule is CCCS(=O)(=O)Nc1cccc(-c2cc(=NC3CC3)n3nc/c(=C\c4[nH]c(=O)[nH]c4O)c3n2)c1. The predicted octanol–water partition coefficient (Wildman–Crippen LogP) is 0.881. The Hall–Kier alpha value is -3.93. The Bertz CT molecular complexity index is 1660. The van der Waals surface area contributed by atoms with E-state index in [4.69, 9.17) is 9.98 Å². The standard InChI is InChI=1S/C22H23N7O4S/c1-2-8-34(32,33)28-16-5-3-4-13(9-16)17-11-19(24-15-6-7-15)29-20(25-17)14(12-23-29)10-18-21(30)27-22(31)26-18/h3-5,9-12,15,28,30H,2,6-8H2,1H3,(H2,26,27,31)/b14-10+,24-19?. The van der Waals surface area contributed by atoms with Crippen LogP contribution < -0.4 is 21.1 Å². The largest absolute Gasteiger partial charge is 0.493 e. The molecule has 1 saturated carbocycles. The third-order valence-electron chi connectivity index (χ3n) is 5.28. The number of aromatic nitrogens is 5. The molecule has 0 bridgehead atoms. The van der Waals surface area contributed by atoms with Crippen molar-refractivity contribution < 1.29 is 13.5 Å².